The molecule has 0 atom stereocenters. The Balaban J connectivity index is 1.80. The van der Waals surface area contributed by atoms with Gasteiger partial charge in [0.05, 0.1) is 16.3 Å². The fourth-order valence-electron chi connectivity index (χ4n) is 3.21. The van der Waals surface area contributed by atoms with Crippen molar-refractivity contribution in [2.45, 2.75) is 6.92 Å². The molecule has 1 aliphatic heterocycles. The first-order valence-electron chi connectivity index (χ1n) is 8.76. The molecule has 4 rings (SSSR count). The van der Waals surface area contributed by atoms with Crippen molar-refractivity contribution in [1.29, 1.82) is 0 Å². The second-order valence-corrected chi connectivity index (χ2v) is 8.98. The Morgan fingerprint density at radius 3 is 2.38 bits per heavy atom. The van der Waals surface area contributed by atoms with E-state index in [4.69, 9.17) is 12.2 Å². The molecule has 2 aromatic carbocycles. The maximum atomic E-state index is 13.3. The molecule has 0 bridgehead atoms. The van der Waals surface area contributed by atoms with E-state index in [1.807, 2.05) is 61.5 Å². The van der Waals surface area contributed by atoms with Crippen molar-refractivity contribution < 1.29 is 4.79 Å². The van der Waals surface area contributed by atoms with Gasteiger partial charge in [-0.3, -0.25) is 19.2 Å². The largest absolute Gasteiger partial charge is 0.296 e. The number of thioether (sulfide) groups is 1. The zero-order chi connectivity index (χ0) is 20.7. The first kappa shape index (κ1) is 19.9. The number of para-hydroxylation sites is 1. The fourth-order valence-corrected chi connectivity index (χ4v) is 4.87. The van der Waals surface area contributed by atoms with Gasteiger partial charge in [0.2, 0.25) is 0 Å². The van der Waals surface area contributed by atoms with Crippen LogP contribution in [0.15, 0.2) is 68.8 Å². The van der Waals surface area contributed by atoms with Crippen molar-refractivity contribution >= 4 is 61.9 Å². The molecule has 146 valence electrons. The van der Waals surface area contributed by atoms with Crippen molar-refractivity contribution in [2.75, 3.05) is 4.90 Å². The molecule has 1 aromatic heterocycles. The molecule has 1 aliphatic rings. The van der Waals surface area contributed by atoms with Crippen LogP contribution in [0.4, 0.5) is 5.69 Å². The molecule has 1 fully saturated rings. The van der Waals surface area contributed by atoms with Crippen LogP contribution in [-0.2, 0) is 11.8 Å². The first-order valence-corrected chi connectivity index (χ1v) is 10.8. The molecule has 2 heterocycles. The van der Waals surface area contributed by atoms with Crippen molar-refractivity contribution in [3.05, 3.63) is 85.6 Å². The number of amides is 1. The van der Waals surface area contributed by atoms with E-state index in [1.165, 1.54) is 16.7 Å². The van der Waals surface area contributed by atoms with Gasteiger partial charge in [0, 0.05) is 11.5 Å². The van der Waals surface area contributed by atoms with Gasteiger partial charge in [0.1, 0.15) is 5.69 Å². The second-order valence-electron chi connectivity index (χ2n) is 6.45. The van der Waals surface area contributed by atoms with Gasteiger partial charge in [0.25, 0.3) is 11.5 Å². The summed E-state index contributed by atoms with van der Waals surface area (Å²) in [5, 5.41) is 0. The summed E-state index contributed by atoms with van der Waals surface area (Å²) in [5.74, 6) is -0.290. The van der Waals surface area contributed by atoms with Crippen LogP contribution in [0.25, 0.3) is 11.8 Å². The average Bonchev–Trinajstić information content (AvgIpc) is 3.10. The summed E-state index contributed by atoms with van der Waals surface area (Å²) in [6, 6.07) is 16.9. The number of rotatable bonds is 3. The lowest BCUT2D eigenvalue weighted by atomic mass is 10.2. The number of carbonyl (C=O) groups excluding carboxylic acids is 1. The van der Waals surface area contributed by atoms with Crippen LogP contribution in [0, 0.1) is 6.92 Å². The molecule has 8 heteroatoms. The Labute approximate surface area is 185 Å². The van der Waals surface area contributed by atoms with Gasteiger partial charge in [-0.15, -0.1) is 0 Å². The van der Waals surface area contributed by atoms with Crippen LogP contribution < -0.4 is 10.5 Å². The second kappa shape index (κ2) is 7.78. The lowest BCUT2D eigenvalue weighted by Crippen LogP contribution is -2.33. The highest BCUT2D eigenvalue weighted by atomic mass is 79.9. The molecule has 0 N–H and O–H groups in total. The normalized spacial score (nSPS) is 15.6. The summed E-state index contributed by atoms with van der Waals surface area (Å²) >= 11 is 10.2. The Kier molecular flexibility index (Phi) is 5.33. The number of carbonyl (C=O) groups is 1. The Bertz CT molecular complexity index is 1230. The number of halogens is 1. The third-order valence-electron chi connectivity index (χ3n) is 4.73. The van der Waals surface area contributed by atoms with Crippen molar-refractivity contribution in [3.8, 4) is 5.69 Å². The number of thiocarbonyl (C=S) groups is 1. The van der Waals surface area contributed by atoms with E-state index in [0.717, 1.165) is 15.7 Å². The zero-order valence-electron chi connectivity index (χ0n) is 15.6. The molecular formula is C21H16BrN3O2S2. The summed E-state index contributed by atoms with van der Waals surface area (Å²) < 4.78 is 4.51. The Morgan fingerprint density at radius 1 is 1.03 bits per heavy atom. The topological polar surface area (TPSA) is 47.2 Å². The average molecular weight is 486 g/mol. The predicted octanol–water partition coefficient (Wildman–Crippen LogP) is 4.65. The number of anilines is 1. The van der Waals surface area contributed by atoms with Gasteiger partial charge in [-0.25, -0.2) is 4.68 Å². The molecule has 0 radical (unpaired) electrons. The van der Waals surface area contributed by atoms with E-state index in [9.17, 15) is 9.59 Å². The molecule has 29 heavy (non-hydrogen) atoms. The molecule has 3 aromatic rings. The molecule has 1 saturated heterocycles. The highest BCUT2D eigenvalue weighted by Crippen LogP contribution is 2.37. The summed E-state index contributed by atoms with van der Waals surface area (Å²) in [5.41, 5.74) is 2.27. The number of benzene rings is 2. The van der Waals surface area contributed by atoms with E-state index < -0.39 is 0 Å². The lowest BCUT2D eigenvalue weighted by Gasteiger charge is -2.12. The summed E-state index contributed by atoms with van der Waals surface area (Å²) in [4.78, 5) is 28.3. The number of aromatic nitrogens is 2. The van der Waals surface area contributed by atoms with E-state index in [0.29, 0.717) is 14.9 Å². The van der Waals surface area contributed by atoms with Gasteiger partial charge >= 0.3 is 0 Å². The van der Waals surface area contributed by atoms with Gasteiger partial charge in [-0.2, -0.15) is 0 Å². The number of hydrogen-bond acceptors (Lipinski definition) is 4. The lowest BCUT2D eigenvalue weighted by molar-refractivity contribution is -0.113. The predicted molar refractivity (Wildman–Crippen MR) is 126 cm³/mol. The maximum absolute atomic E-state index is 13.3. The van der Waals surface area contributed by atoms with Gasteiger partial charge in [-0.1, -0.05) is 76.3 Å². The monoisotopic (exact) mass is 485 g/mol. The quantitative estimate of drug-likeness (QED) is 0.400. The van der Waals surface area contributed by atoms with Crippen molar-refractivity contribution in [1.82, 2.24) is 9.36 Å². The minimum absolute atomic E-state index is 0.283. The summed E-state index contributed by atoms with van der Waals surface area (Å²) in [7, 11) is 1.79. The summed E-state index contributed by atoms with van der Waals surface area (Å²) in [6.45, 7) is 1.81. The van der Waals surface area contributed by atoms with Gasteiger partial charge < -0.3 is 0 Å². The zero-order valence-corrected chi connectivity index (χ0v) is 18.8. The van der Waals surface area contributed by atoms with Crippen LogP contribution in [0.1, 0.15) is 11.3 Å². The van der Waals surface area contributed by atoms with Crippen LogP contribution in [0.5, 0.6) is 0 Å². The highest BCUT2D eigenvalue weighted by molar-refractivity contribution is 9.10. The maximum Gasteiger partial charge on any atom is 0.296 e. The molecule has 0 saturated carbocycles. The SMILES string of the molecule is Cc1c(N2C(=O)C(=Cc3ccccc3Br)SC2=S)c(=O)n(-c2ccccc2)n1C. The fraction of sp³-hybridized carbons (Fsp3) is 0.0952. The third kappa shape index (κ3) is 3.41. The molecule has 5 nitrogen and oxygen atoms in total. The highest BCUT2D eigenvalue weighted by Gasteiger charge is 2.37. The molecular weight excluding hydrogens is 470 g/mol. The molecule has 0 aliphatic carbocycles. The number of nitrogens with zero attached hydrogens (tertiary/aromatic N) is 3. The van der Waals surface area contributed by atoms with Gasteiger partial charge in [0.15, 0.2) is 4.32 Å². The van der Waals surface area contributed by atoms with Crippen LogP contribution in [0.3, 0.4) is 0 Å². The Morgan fingerprint density at radius 2 is 1.69 bits per heavy atom. The van der Waals surface area contributed by atoms with Crippen LogP contribution >= 0.6 is 39.9 Å². The third-order valence-corrected chi connectivity index (χ3v) is 6.76. The molecule has 1 amide bonds. The van der Waals surface area contributed by atoms with E-state index in [-0.39, 0.29) is 17.2 Å². The minimum Gasteiger partial charge on any atom is -0.283 e. The summed E-state index contributed by atoms with van der Waals surface area (Å²) in [6.07, 6.45) is 1.79. The van der Waals surface area contributed by atoms with Crippen LogP contribution in [0.2, 0.25) is 0 Å². The van der Waals surface area contributed by atoms with Gasteiger partial charge in [-0.05, 0) is 36.8 Å². The van der Waals surface area contributed by atoms with Crippen molar-refractivity contribution in [2.24, 2.45) is 7.05 Å². The number of hydrogen-bond donors (Lipinski definition) is 0. The van der Waals surface area contributed by atoms with Crippen LogP contribution in [-0.4, -0.2) is 19.6 Å². The van der Waals surface area contributed by atoms with E-state index in [2.05, 4.69) is 15.9 Å². The molecule has 0 unspecified atom stereocenters. The first-order chi connectivity index (χ1) is 13.9. The molecule has 0 spiro atoms. The Hall–Kier alpha value is -2.42. The standard InChI is InChI=1S/C21H16BrN3O2S2/c1-13-18(20(27)25(23(13)2)15-9-4-3-5-10-15)24-19(26)17(29-21(24)28)12-14-8-6-7-11-16(14)22/h3-12H,1-2H3. The van der Waals surface area contributed by atoms with E-state index in [1.54, 1.807) is 22.5 Å². The minimum atomic E-state index is -0.290. The smallest absolute Gasteiger partial charge is 0.283 e. The van der Waals surface area contributed by atoms with Crippen molar-refractivity contribution in [3.63, 3.8) is 0 Å². The van der Waals surface area contributed by atoms with E-state index >= 15 is 0 Å².